The van der Waals surface area contributed by atoms with Crippen molar-refractivity contribution >= 4 is 8.80 Å². The van der Waals surface area contributed by atoms with Crippen LogP contribution in [0.15, 0.2) is 0 Å². The molecule has 0 aromatic carbocycles. The molecular weight excluding hydrogens is 602 g/mol. The Bertz CT molecular complexity index is 700. The molecule has 0 aliphatic heterocycles. The van der Waals surface area contributed by atoms with E-state index in [1.165, 1.54) is 13.3 Å². The number of alkyl halides is 22. The Morgan fingerprint density at radius 1 is 0.314 bits per heavy atom. The third-order valence-corrected chi connectivity index (χ3v) is 5.65. The van der Waals surface area contributed by atoms with Crippen LogP contribution in [-0.2, 0) is 13.3 Å². The molecule has 0 bridgehead atoms. The maximum absolute atomic E-state index is 13.9. The Morgan fingerprint density at radius 2 is 0.543 bits per heavy atom. The lowest BCUT2D eigenvalue weighted by Crippen LogP contribution is -2.78. The minimum absolute atomic E-state index is 1.43. The van der Waals surface area contributed by atoms with Gasteiger partial charge in [0.25, 0.3) is 0 Å². The molecule has 35 heavy (non-hydrogen) atoms. The van der Waals surface area contributed by atoms with E-state index in [1.54, 1.807) is 0 Å². The van der Waals surface area contributed by atoms with Gasteiger partial charge >= 0.3 is 63.3 Å². The van der Waals surface area contributed by atoms with Crippen molar-refractivity contribution in [3.63, 3.8) is 0 Å². The lowest BCUT2D eigenvalue weighted by atomic mass is 9.98. The summed E-state index contributed by atoms with van der Waals surface area (Å²) in [5, 5.41) is 0. The highest BCUT2D eigenvalue weighted by atomic mass is 28.4. The van der Waals surface area contributed by atoms with Crippen LogP contribution in [-0.4, -0.2) is 63.3 Å². The summed E-state index contributed by atoms with van der Waals surface area (Å²) in [6.45, 7) is 0. The van der Waals surface area contributed by atoms with Crippen LogP contribution in [0.5, 0.6) is 0 Å². The summed E-state index contributed by atoms with van der Waals surface area (Å²) in [7, 11) is -10.2. The highest BCUT2D eigenvalue weighted by Crippen LogP contribution is 2.62. The molecule has 0 spiro atoms. The number of hydrogen-bond donors (Lipinski definition) is 0. The molecule has 0 aliphatic carbocycles. The van der Waals surface area contributed by atoms with Crippen LogP contribution in [0.4, 0.5) is 96.6 Å². The molecule has 3 nitrogen and oxygen atoms in total. The molecule has 0 N–H and O–H groups in total. The largest absolute Gasteiger partial charge is 0.601 e. The van der Waals surface area contributed by atoms with Crippen LogP contribution >= 0.6 is 0 Å². The van der Waals surface area contributed by atoms with Gasteiger partial charge in [0.2, 0.25) is 0 Å². The van der Waals surface area contributed by atoms with Crippen LogP contribution in [0.1, 0.15) is 0 Å². The SMILES string of the molecule is FC(F)(F)O[Si](OC(F)(F)F)(OC(F)(F)F)C(F)(F)C(F)(F)C(F)(F)C(F)(F)C(F)(F)C(F)(F)F. The molecule has 0 aromatic heterocycles. The maximum atomic E-state index is 13.9. The summed E-state index contributed by atoms with van der Waals surface area (Å²) in [4.78, 5) is 0. The van der Waals surface area contributed by atoms with E-state index in [4.69, 9.17) is 0 Å². The first-order valence-corrected chi connectivity index (χ1v) is 8.61. The fourth-order valence-electron chi connectivity index (χ4n) is 1.67. The smallest absolute Gasteiger partial charge is 0.280 e. The standard InChI is InChI=1S/C9F22O3Si/c10-1(11,3(14,15)5(18,19)20)2(12,13)4(16,17)6(21,22)35(32-7(23,24)25,33-8(26,27)28)34-9(29,30)31. The maximum Gasteiger partial charge on any atom is 0.601 e. The highest BCUT2D eigenvalue weighted by molar-refractivity contribution is 6.64. The van der Waals surface area contributed by atoms with E-state index < -0.39 is 63.3 Å². The fraction of sp³-hybridized carbons (Fsp3) is 1.00. The van der Waals surface area contributed by atoms with Crippen molar-refractivity contribution in [3.8, 4) is 0 Å². The van der Waals surface area contributed by atoms with E-state index in [0.29, 0.717) is 0 Å². The molecule has 0 radical (unpaired) electrons. The van der Waals surface area contributed by atoms with Gasteiger partial charge in [-0.05, 0) is 0 Å². The van der Waals surface area contributed by atoms with Crippen molar-refractivity contribution in [2.24, 2.45) is 0 Å². The average Bonchev–Trinajstić information content (AvgIpc) is 2.47. The third kappa shape index (κ3) is 6.11. The van der Waals surface area contributed by atoms with E-state index in [-0.39, 0.29) is 0 Å². The van der Waals surface area contributed by atoms with Crippen molar-refractivity contribution in [1.29, 1.82) is 0 Å². The van der Waals surface area contributed by atoms with Crippen LogP contribution in [0.2, 0.25) is 0 Å². The Kier molecular flexibility index (Phi) is 8.20. The lowest BCUT2D eigenvalue weighted by Gasteiger charge is -2.43. The zero-order valence-electron chi connectivity index (χ0n) is 14.5. The van der Waals surface area contributed by atoms with Crippen molar-refractivity contribution in [1.82, 2.24) is 0 Å². The summed E-state index contributed by atoms with van der Waals surface area (Å²) in [5.74, 6) is -35.6. The molecule has 0 aromatic rings. The summed E-state index contributed by atoms with van der Waals surface area (Å²) in [6.07, 6.45) is -30.5. The van der Waals surface area contributed by atoms with Gasteiger partial charge in [-0.2, -0.15) is 57.1 Å². The minimum atomic E-state index is -10.2. The van der Waals surface area contributed by atoms with Gasteiger partial charge in [0.1, 0.15) is 0 Å². The Labute approximate surface area is 174 Å². The molecule has 0 unspecified atom stereocenters. The van der Waals surface area contributed by atoms with Gasteiger partial charge in [-0.3, -0.25) is 13.3 Å². The second-order valence-corrected chi connectivity index (χ2v) is 7.92. The highest BCUT2D eigenvalue weighted by Gasteiger charge is 2.96. The molecular formula is C9F22O3Si. The molecule has 0 heterocycles. The predicted octanol–water partition coefficient (Wildman–Crippen LogP) is 6.81. The first-order chi connectivity index (χ1) is 14.6. The second kappa shape index (κ2) is 8.56. The number of hydrogen-bond acceptors (Lipinski definition) is 3. The molecule has 0 fully saturated rings. The lowest BCUT2D eigenvalue weighted by molar-refractivity contribution is -0.443. The van der Waals surface area contributed by atoms with E-state index in [2.05, 4.69) is 0 Å². The predicted molar refractivity (Wildman–Crippen MR) is 58.0 cm³/mol. The minimum Gasteiger partial charge on any atom is -0.280 e. The van der Waals surface area contributed by atoms with E-state index in [1.807, 2.05) is 0 Å². The fourth-order valence-corrected chi connectivity index (χ4v) is 3.64. The van der Waals surface area contributed by atoms with E-state index >= 15 is 0 Å². The second-order valence-electron chi connectivity index (χ2n) is 5.57. The molecule has 0 aliphatic rings. The molecule has 0 rings (SSSR count). The van der Waals surface area contributed by atoms with Crippen LogP contribution < -0.4 is 0 Å². The number of rotatable bonds is 8. The van der Waals surface area contributed by atoms with Gasteiger partial charge in [0.05, 0.1) is 0 Å². The first kappa shape index (κ1) is 33.6. The normalized spacial score (nSPS) is 16.6. The van der Waals surface area contributed by atoms with E-state index in [9.17, 15) is 96.6 Å². The number of halogens is 22. The van der Waals surface area contributed by atoms with E-state index in [0.717, 1.165) is 0 Å². The summed E-state index contributed by atoms with van der Waals surface area (Å²) in [5.41, 5.74) is -8.84. The first-order valence-electron chi connectivity index (χ1n) is 6.88. The van der Waals surface area contributed by atoms with Gasteiger partial charge < -0.3 is 0 Å². The summed E-state index contributed by atoms with van der Waals surface area (Å²) >= 11 is 0. The zero-order chi connectivity index (χ0) is 29.1. The van der Waals surface area contributed by atoms with Gasteiger partial charge in [0, 0.05) is 0 Å². The van der Waals surface area contributed by atoms with Crippen LogP contribution in [0.3, 0.4) is 0 Å². The van der Waals surface area contributed by atoms with Gasteiger partial charge in [-0.1, -0.05) is 0 Å². The van der Waals surface area contributed by atoms with Crippen LogP contribution in [0, 0.1) is 0 Å². The third-order valence-electron chi connectivity index (χ3n) is 3.07. The van der Waals surface area contributed by atoms with Crippen molar-refractivity contribution < 1.29 is 110 Å². The molecule has 0 saturated heterocycles. The van der Waals surface area contributed by atoms with Crippen LogP contribution in [0.25, 0.3) is 0 Å². The average molecular weight is 602 g/mol. The summed E-state index contributed by atoms with van der Waals surface area (Å²) in [6, 6.07) is 0. The van der Waals surface area contributed by atoms with Gasteiger partial charge in [-0.25, -0.2) is 0 Å². The zero-order valence-corrected chi connectivity index (χ0v) is 15.5. The molecule has 0 amide bonds. The Morgan fingerprint density at radius 3 is 0.743 bits per heavy atom. The van der Waals surface area contributed by atoms with Crippen molar-refractivity contribution in [2.45, 2.75) is 54.5 Å². The topological polar surface area (TPSA) is 27.7 Å². The quantitative estimate of drug-likeness (QED) is 0.226. The van der Waals surface area contributed by atoms with Gasteiger partial charge in [-0.15, -0.1) is 39.5 Å². The van der Waals surface area contributed by atoms with Crippen molar-refractivity contribution in [2.75, 3.05) is 0 Å². The molecule has 0 saturated carbocycles. The Hall–Kier alpha value is -1.44. The molecule has 212 valence electrons. The Balaban J connectivity index is 7.43. The van der Waals surface area contributed by atoms with Crippen molar-refractivity contribution in [3.05, 3.63) is 0 Å². The monoisotopic (exact) mass is 602 g/mol. The molecule has 0 atom stereocenters. The van der Waals surface area contributed by atoms with Gasteiger partial charge in [0.15, 0.2) is 0 Å². The summed E-state index contributed by atoms with van der Waals surface area (Å²) < 4.78 is 284. The molecule has 26 heteroatoms.